The Morgan fingerprint density at radius 1 is 1.53 bits per heavy atom. The Labute approximate surface area is 111 Å². The number of nitrogen functional groups attached to an aromatic ring is 1. The van der Waals surface area contributed by atoms with E-state index in [1.54, 1.807) is 35.2 Å². The summed E-state index contributed by atoms with van der Waals surface area (Å²) in [4.78, 5) is 11.9. The van der Waals surface area contributed by atoms with E-state index >= 15 is 0 Å². The van der Waals surface area contributed by atoms with Gasteiger partial charge in [-0.05, 0) is 31.2 Å². The second kappa shape index (κ2) is 5.39. The minimum Gasteiger partial charge on any atom is -0.399 e. The van der Waals surface area contributed by atoms with Crippen molar-refractivity contribution >= 4 is 11.6 Å². The molecule has 0 saturated carbocycles. The van der Waals surface area contributed by atoms with Crippen molar-refractivity contribution in [2.24, 2.45) is 0 Å². The third kappa shape index (κ3) is 3.01. The van der Waals surface area contributed by atoms with Crippen molar-refractivity contribution < 1.29 is 4.79 Å². The molecule has 0 fully saturated rings. The molecule has 0 aliphatic heterocycles. The van der Waals surface area contributed by atoms with E-state index in [0.717, 1.165) is 5.69 Å². The van der Waals surface area contributed by atoms with E-state index in [9.17, 15) is 4.79 Å². The molecule has 1 heterocycles. The smallest absolute Gasteiger partial charge is 0.272 e. The zero-order valence-electron chi connectivity index (χ0n) is 10.7. The zero-order chi connectivity index (χ0) is 13.8. The van der Waals surface area contributed by atoms with Gasteiger partial charge in [-0.3, -0.25) is 4.79 Å². The Bertz CT molecular complexity index is 603. The largest absolute Gasteiger partial charge is 0.399 e. The molecule has 1 atom stereocenters. The molecular formula is C14H16N4O. The molecule has 1 aromatic carbocycles. The molecule has 2 rings (SSSR count). The van der Waals surface area contributed by atoms with Crippen LogP contribution >= 0.6 is 0 Å². The molecule has 5 nitrogen and oxygen atoms in total. The fourth-order valence-electron chi connectivity index (χ4n) is 1.60. The van der Waals surface area contributed by atoms with E-state index in [2.05, 4.69) is 17.0 Å². The summed E-state index contributed by atoms with van der Waals surface area (Å²) in [5, 5.41) is 6.99. The summed E-state index contributed by atoms with van der Waals surface area (Å²) in [6.07, 6.45) is 3.38. The first-order valence-corrected chi connectivity index (χ1v) is 5.95. The number of nitrogens with two attached hydrogens (primary N) is 1. The van der Waals surface area contributed by atoms with Crippen LogP contribution in [0, 0.1) is 0 Å². The molecule has 0 radical (unpaired) electrons. The molecule has 1 amide bonds. The number of carbonyl (C=O) groups excluding carboxylic acids is 1. The number of anilines is 1. The van der Waals surface area contributed by atoms with Crippen LogP contribution in [0.2, 0.25) is 0 Å². The van der Waals surface area contributed by atoms with Gasteiger partial charge >= 0.3 is 0 Å². The minimum absolute atomic E-state index is 0.0926. The molecule has 2 aromatic rings. The maximum absolute atomic E-state index is 11.9. The van der Waals surface area contributed by atoms with Crippen LogP contribution in [0.25, 0.3) is 5.69 Å². The van der Waals surface area contributed by atoms with Crippen molar-refractivity contribution in [3.63, 3.8) is 0 Å². The average Bonchev–Trinajstić information content (AvgIpc) is 2.88. The van der Waals surface area contributed by atoms with Crippen LogP contribution in [0.3, 0.4) is 0 Å². The summed E-state index contributed by atoms with van der Waals surface area (Å²) in [6, 6.07) is 8.87. The second-order valence-corrected chi connectivity index (χ2v) is 4.24. The first-order valence-electron chi connectivity index (χ1n) is 5.95. The van der Waals surface area contributed by atoms with E-state index in [1.807, 2.05) is 19.1 Å². The van der Waals surface area contributed by atoms with Gasteiger partial charge in [0.25, 0.3) is 5.91 Å². The van der Waals surface area contributed by atoms with Crippen LogP contribution in [0.4, 0.5) is 5.69 Å². The number of benzene rings is 1. The molecule has 0 spiro atoms. The highest BCUT2D eigenvalue weighted by Crippen LogP contribution is 2.11. The van der Waals surface area contributed by atoms with Crippen LogP contribution in [0.1, 0.15) is 17.4 Å². The Kier molecular flexibility index (Phi) is 3.66. The third-order valence-corrected chi connectivity index (χ3v) is 2.67. The van der Waals surface area contributed by atoms with Gasteiger partial charge in [-0.2, -0.15) is 5.10 Å². The molecule has 0 aliphatic carbocycles. The van der Waals surface area contributed by atoms with Gasteiger partial charge in [0.05, 0.1) is 5.69 Å². The number of hydrogen-bond acceptors (Lipinski definition) is 3. The van der Waals surface area contributed by atoms with Crippen molar-refractivity contribution in [1.82, 2.24) is 15.1 Å². The van der Waals surface area contributed by atoms with E-state index in [0.29, 0.717) is 11.4 Å². The normalized spacial score (nSPS) is 11.8. The molecule has 1 unspecified atom stereocenters. The second-order valence-electron chi connectivity index (χ2n) is 4.24. The standard InChI is InChI=1S/C14H16N4O/c1-3-10(2)16-14(19)13-7-8-18(17-13)12-6-4-5-11(15)9-12/h3-10H,1,15H2,2H3,(H,16,19). The van der Waals surface area contributed by atoms with Gasteiger partial charge in [0.1, 0.15) is 0 Å². The highest BCUT2D eigenvalue weighted by molar-refractivity contribution is 5.92. The topological polar surface area (TPSA) is 72.9 Å². The fraction of sp³-hybridized carbons (Fsp3) is 0.143. The molecule has 0 saturated heterocycles. The quantitative estimate of drug-likeness (QED) is 0.646. The first-order chi connectivity index (χ1) is 9.10. The van der Waals surface area contributed by atoms with Crippen molar-refractivity contribution in [3.8, 4) is 5.69 Å². The zero-order valence-corrected chi connectivity index (χ0v) is 10.7. The highest BCUT2D eigenvalue weighted by atomic mass is 16.2. The first kappa shape index (κ1) is 12.9. The Morgan fingerprint density at radius 2 is 2.32 bits per heavy atom. The molecule has 3 N–H and O–H groups in total. The van der Waals surface area contributed by atoms with Crippen LogP contribution in [-0.4, -0.2) is 21.7 Å². The number of aromatic nitrogens is 2. The lowest BCUT2D eigenvalue weighted by Gasteiger charge is -2.07. The maximum Gasteiger partial charge on any atom is 0.272 e. The number of amides is 1. The Hall–Kier alpha value is -2.56. The number of nitrogens with zero attached hydrogens (tertiary/aromatic N) is 2. The summed E-state index contributed by atoms with van der Waals surface area (Å²) < 4.78 is 1.61. The highest BCUT2D eigenvalue weighted by Gasteiger charge is 2.11. The number of carbonyl (C=O) groups is 1. The molecule has 0 bridgehead atoms. The molecule has 0 aliphatic rings. The van der Waals surface area contributed by atoms with Crippen LogP contribution in [0.15, 0.2) is 49.2 Å². The van der Waals surface area contributed by atoms with E-state index < -0.39 is 0 Å². The Morgan fingerprint density at radius 3 is 3.00 bits per heavy atom. The average molecular weight is 256 g/mol. The van der Waals surface area contributed by atoms with Crippen LogP contribution in [0.5, 0.6) is 0 Å². The summed E-state index contributed by atoms with van der Waals surface area (Å²) in [6.45, 7) is 5.46. The van der Waals surface area contributed by atoms with Gasteiger partial charge < -0.3 is 11.1 Å². The van der Waals surface area contributed by atoms with Gasteiger partial charge in [-0.25, -0.2) is 4.68 Å². The number of rotatable bonds is 4. The Balaban J connectivity index is 2.19. The van der Waals surface area contributed by atoms with Crippen molar-refractivity contribution in [2.45, 2.75) is 13.0 Å². The summed E-state index contributed by atoms with van der Waals surface area (Å²) >= 11 is 0. The monoisotopic (exact) mass is 256 g/mol. The van der Waals surface area contributed by atoms with Crippen molar-refractivity contribution in [3.05, 3.63) is 54.9 Å². The predicted octanol–water partition coefficient (Wildman–Crippen LogP) is 1.76. The molecule has 98 valence electrons. The van der Waals surface area contributed by atoms with Crippen molar-refractivity contribution in [1.29, 1.82) is 0 Å². The number of hydrogen-bond donors (Lipinski definition) is 2. The van der Waals surface area contributed by atoms with Gasteiger partial charge in [-0.1, -0.05) is 12.1 Å². The summed E-state index contributed by atoms with van der Waals surface area (Å²) in [5.74, 6) is -0.227. The minimum atomic E-state index is -0.227. The molecule has 19 heavy (non-hydrogen) atoms. The lowest BCUT2D eigenvalue weighted by molar-refractivity contribution is 0.0941. The molecule has 5 heteroatoms. The van der Waals surface area contributed by atoms with E-state index in [-0.39, 0.29) is 11.9 Å². The van der Waals surface area contributed by atoms with Crippen LogP contribution < -0.4 is 11.1 Å². The van der Waals surface area contributed by atoms with Gasteiger partial charge in [-0.15, -0.1) is 6.58 Å². The van der Waals surface area contributed by atoms with Gasteiger partial charge in [0, 0.05) is 17.9 Å². The van der Waals surface area contributed by atoms with Gasteiger partial charge in [0.15, 0.2) is 5.69 Å². The van der Waals surface area contributed by atoms with Crippen LogP contribution in [-0.2, 0) is 0 Å². The molecular weight excluding hydrogens is 240 g/mol. The molecule has 1 aromatic heterocycles. The predicted molar refractivity (Wildman–Crippen MR) is 75.1 cm³/mol. The third-order valence-electron chi connectivity index (χ3n) is 2.67. The summed E-state index contributed by atoms with van der Waals surface area (Å²) in [5.41, 5.74) is 7.54. The lowest BCUT2D eigenvalue weighted by Crippen LogP contribution is -2.31. The van der Waals surface area contributed by atoms with Gasteiger partial charge in [0.2, 0.25) is 0 Å². The lowest BCUT2D eigenvalue weighted by atomic mass is 10.3. The van der Waals surface area contributed by atoms with Crippen molar-refractivity contribution in [2.75, 3.05) is 5.73 Å². The van der Waals surface area contributed by atoms with E-state index in [1.165, 1.54) is 0 Å². The summed E-state index contributed by atoms with van der Waals surface area (Å²) in [7, 11) is 0. The number of nitrogens with one attached hydrogen (secondary N) is 1. The maximum atomic E-state index is 11.9. The fourth-order valence-corrected chi connectivity index (χ4v) is 1.60. The SMILES string of the molecule is C=CC(C)NC(=O)c1ccn(-c2cccc(N)c2)n1. The van der Waals surface area contributed by atoms with E-state index in [4.69, 9.17) is 5.73 Å².